The third-order valence-corrected chi connectivity index (χ3v) is 5.31. The maximum Gasteiger partial charge on any atom is 0.146 e. The SMILES string of the molecule is C=Cc1cccc(C2(NCCC/C=C/N=C(C=N)N3CCCC3)CC2)c1. The zero-order valence-electron chi connectivity index (χ0n) is 15.6. The summed E-state index contributed by atoms with van der Waals surface area (Å²) in [4.78, 5) is 6.63. The van der Waals surface area contributed by atoms with Gasteiger partial charge in [-0.05, 0) is 62.3 Å². The van der Waals surface area contributed by atoms with Gasteiger partial charge in [0.1, 0.15) is 5.84 Å². The van der Waals surface area contributed by atoms with Crippen LogP contribution in [0, 0.1) is 5.41 Å². The zero-order valence-corrected chi connectivity index (χ0v) is 15.6. The molecule has 1 heterocycles. The molecule has 2 aliphatic rings. The molecular formula is C22H30N4. The molecule has 1 aliphatic carbocycles. The molecule has 26 heavy (non-hydrogen) atoms. The molecule has 4 nitrogen and oxygen atoms in total. The first-order valence-corrected chi connectivity index (χ1v) is 9.74. The van der Waals surface area contributed by atoms with E-state index in [2.05, 4.69) is 52.1 Å². The topological polar surface area (TPSA) is 51.5 Å². The van der Waals surface area contributed by atoms with Crippen molar-refractivity contribution in [3.8, 4) is 0 Å². The summed E-state index contributed by atoms with van der Waals surface area (Å²) >= 11 is 0. The van der Waals surface area contributed by atoms with E-state index in [1.807, 2.05) is 12.3 Å². The molecular weight excluding hydrogens is 320 g/mol. The Balaban J connectivity index is 1.41. The molecule has 2 fully saturated rings. The summed E-state index contributed by atoms with van der Waals surface area (Å²) in [5.74, 6) is 0.788. The van der Waals surface area contributed by atoms with Crippen LogP contribution in [0.4, 0.5) is 0 Å². The third kappa shape index (κ3) is 4.70. The van der Waals surface area contributed by atoms with Gasteiger partial charge in [0.2, 0.25) is 0 Å². The Bertz CT molecular complexity index is 679. The van der Waals surface area contributed by atoms with Crippen molar-refractivity contribution >= 4 is 18.1 Å². The number of nitrogens with zero attached hydrogens (tertiary/aromatic N) is 2. The minimum Gasteiger partial charge on any atom is -0.355 e. The second-order valence-corrected chi connectivity index (χ2v) is 7.19. The van der Waals surface area contributed by atoms with Gasteiger partial charge in [0.05, 0.1) is 6.21 Å². The fourth-order valence-corrected chi connectivity index (χ4v) is 3.56. The van der Waals surface area contributed by atoms with Gasteiger partial charge in [-0.25, -0.2) is 4.99 Å². The largest absolute Gasteiger partial charge is 0.355 e. The van der Waals surface area contributed by atoms with Crippen molar-refractivity contribution in [2.45, 2.75) is 44.1 Å². The summed E-state index contributed by atoms with van der Waals surface area (Å²) in [6.45, 7) is 6.93. The Morgan fingerprint density at radius 1 is 1.31 bits per heavy atom. The van der Waals surface area contributed by atoms with E-state index in [1.54, 1.807) is 0 Å². The Morgan fingerprint density at radius 2 is 2.12 bits per heavy atom. The van der Waals surface area contributed by atoms with E-state index < -0.39 is 0 Å². The van der Waals surface area contributed by atoms with Crippen LogP contribution in [0.15, 0.2) is 48.1 Å². The summed E-state index contributed by atoms with van der Waals surface area (Å²) in [6, 6.07) is 8.69. The van der Waals surface area contributed by atoms with E-state index in [0.717, 1.165) is 38.3 Å². The van der Waals surface area contributed by atoms with Crippen LogP contribution in [0.1, 0.15) is 49.7 Å². The molecule has 138 valence electrons. The Labute approximate surface area is 157 Å². The van der Waals surface area contributed by atoms with Gasteiger partial charge in [-0.1, -0.05) is 36.9 Å². The number of likely N-dealkylation sites (tertiary alicyclic amines) is 1. The molecule has 0 atom stereocenters. The summed E-state index contributed by atoms with van der Waals surface area (Å²) in [7, 11) is 0. The standard InChI is InChI=1S/C22H30N4/c1-2-19-9-8-10-20(17-19)22(11-12-22)25-14-5-3-4-13-24-21(18-23)26-15-6-7-16-26/h2,4,8-10,13,17-18,23,25H,1,3,5-7,11-12,14-16H2/b13-4+,23-18?,24-21?. The van der Waals surface area contributed by atoms with Gasteiger partial charge in [0.25, 0.3) is 0 Å². The number of allylic oxidation sites excluding steroid dienone is 1. The molecule has 0 unspecified atom stereocenters. The van der Waals surface area contributed by atoms with Crippen LogP contribution in [-0.2, 0) is 5.54 Å². The number of hydrogen-bond donors (Lipinski definition) is 2. The lowest BCUT2D eigenvalue weighted by atomic mass is 10.0. The molecule has 0 amide bonds. The van der Waals surface area contributed by atoms with Crippen LogP contribution in [0.3, 0.4) is 0 Å². The Kier molecular flexibility index (Phi) is 6.40. The first kappa shape index (κ1) is 18.6. The van der Waals surface area contributed by atoms with Crippen molar-refractivity contribution in [2.24, 2.45) is 4.99 Å². The fourth-order valence-electron chi connectivity index (χ4n) is 3.56. The van der Waals surface area contributed by atoms with Gasteiger partial charge in [-0.15, -0.1) is 0 Å². The predicted molar refractivity (Wildman–Crippen MR) is 111 cm³/mol. The predicted octanol–water partition coefficient (Wildman–Crippen LogP) is 4.35. The van der Waals surface area contributed by atoms with E-state index in [1.165, 1.54) is 43.0 Å². The molecule has 0 aromatic heterocycles. The number of nitrogens with one attached hydrogen (secondary N) is 2. The zero-order chi connectivity index (χ0) is 18.2. The molecule has 0 spiro atoms. The van der Waals surface area contributed by atoms with Crippen LogP contribution in [0.25, 0.3) is 6.08 Å². The monoisotopic (exact) mass is 350 g/mol. The minimum atomic E-state index is 0.185. The lowest BCUT2D eigenvalue weighted by Crippen LogP contribution is -2.29. The van der Waals surface area contributed by atoms with Gasteiger partial charge in [0.15, 0.2) is 0 Å². The van der Waals surface area contributed by atoms with Crippen molar-refractivity contribution in [2.75, 3.05) is 19.6 Å². The van der Waals surface area contributed by atoms with E-state index in [0.29, 0.717) is 0 Å². The van der Waals surface area contributed by atoms with E-state index in [-0.39, 0.29) is 5.54 Å². The second kappa shape index (κ2) is 8.95. The first-order chi connectivity index (χ1) is 12.8. The molecule has 3 rings (SSSR count). The molecule has 1 saturated carbocycles. The molecule has 1 aromatic carbocycles. The van der Waals surface area contributed by atoms with Crippen LogP contribution >= 0.6 is 0 Å². The normalized spacial score (nSPS) is 19.1. The molecule has 0 radical (unpaired) electrons. The van der Waals surface area contributed by atoms with Crippen molar-refractivity contribution in [3.05, 3.63) is 54.2 Å². The molecule has 1 aliphatic heterocycles. The fraction of sp³-hybridized carbons (Fsp3) is 0.455. The van der Waals surface area contributed by atoms with Gasteiger partial charge < -0.3 is 15.6 Å². The second-order valence-electron chi connectivity index (χ2n) is 7.19. The quantitative estimate of drug-likeness (QED) is 0.395. The first-order valence-electron chi connectivity index (χ1n) is 9.74. The maximum absolute atomic E-state index is 7.51. The van der Waals surface area contributed by atoms with E-state index >= 15 is 0 Å². The van der Waals surface area contributed by atoms with Gasteiger partial charge in [-0.2, -0.15) is 0 Å². The molecule has 0 bridgehead atoms. The Morgan fingerprint density at radius 3 is 2.81 bits per heavy atom. The van der Waals surface area contributed by atoms with Gasteiger partial charge >= 0.3 is 0 Å². The van der Waals surface area contributed by atoms with Crippen molar-refractivity contribution < 1.29 is 0 Å². The van der Waals surface area contributed by atoms with Gasteiger partial charge in [-0.3, -0.25) is 0 Å². The molecule has 1 saturated heterocycles. The van der Waals surface area contributed by atoms with Crippen molar-refractivity contribution in [1.82, 2.24) is 10.2 Å². The third-order valence-electron chi connectivity index (χ3n) is 5.31. The number of hydrogen-bond acceptors (Lipinski definition) is 3. The van der Waals surface area contributed by atoms with E-state index in [4.69, 9.17) is 5.41 Å². The number of aliphatic imine (C=N–C) groups is 1. The summed E-state index contributed by atoms with van der Waals surface area (Å²) in [5, 5.41) is 11.3. The molecule has 4 heteroatoms. The maximum atomic E-state index is 7.51. The molecule has 2 N–H and O–H groups in total. The van der Waals surface area contributed by atoms with Crippen molar-refractivity contribution in [1.29, 1.82) is 5.41 Å². The van der Waals surface area contributed by atoms with Crippen LogP contribution in [0.2, 0.25) is 0 Å². The number of benzene rings is 1. The van der Waals surface area contributed by atoms with E-state index in [9.17, 15) is 0 Å². The van der Waals surface area contributed by atoms with Crippen LogP contribution in [-0.4, -0.2) is 36.6 Å². The smallest absolute Gasteiger partial charge is 0.146 e. The average molecular weight is 351 g/mol. The molecule has 1 aromatic rings. The van der Waals surface area contributed by atoms with Crippen LogP contribution < -0.4 is 5.32 Å². The summed E-state index contributed by atoms with van der Waals surface area (Å²) in [5.41, 5.74) is 2.76. The highest BCUT2D eigenvalue weighted by Gasteiger charge is 2.43. The van der Waals surface area contributed by atoms with Gasteiger partial charge in [0, 0.05) is 24.8 Å². The highest BCUT2D eigenvalue weighted by Crippen LogP contribution is 2.45. The highest BCUT2D eigenvalue weighted by atomic mass is 15.2. The number of amidine groups is 1. The summed E-state index contributed by atoms with van der Waals surface area (Å²) < 4.78 is 0. The van der Waals surface area contributed by atoms with Crippen molar-refractivity contribution in [3.63, 3.8) is 0 Å². The van der Waals surface area contributed by atoms with Crippen LogP contribution in [0.5, 0.6) is 0 Å². The average Bonchev–Trinajstić information content (AvgIpc) is 3.28. The Hall–Kier alpha value is -2.20. The lowest BCUT2D eigenvalue weighted by Gasteiger charge is -2.18. The highest BCUT2D eigenvalue weighted by molar-refractivity contribution is 6.28. The summed E-state index contributed by atoms with van der Waals surface area (Å²) in [6.07, 6.45) is 14.2. The number of rotatable bonds is 9. The minimum absolute atomic E-state index is 0.185. The number of unbranched alkanes of at least 4 members (excludes halogenated alkanes) is 1. The lowest BCUT2D eigenvalue weighted by molar-refractivity contribution is 0.511.